The summed E-state index contributed by atoms with van der Waals surface area (Å²) in [4.78, 5) is 9.04. The Morgan fingerprint density at radius 3 is 1.23 bits per heavy atom. The molecule has 1 aliphatic carbocycles. The van der Waals surface area contributed by atoms with Crippen LogP contribution in [-0.4, -0.2) is 122 Å². The Hall–Kier alpha value is -5.38. The average molecular weight is 1120 g/mol. The molecule has 0 N–H and O–H groups in total. The van der Waals surface area contributed by atoms with Crippen LogP contribution in [0.2, 0.25) is 0 Å². The fraction of sp³-hybridized carbons (Fsp3) is 0.492. The van der Waals surface area contributed by atoms with Gasteiger partial charge < -0.3 is 14.4 Å². The van der Waals surface area contributed by atoms with Crippen LogP contribution in [0.25, 0.3) is 0 Å². The summed E-state index contributed by atoms with van der Waals surface area (Å²) in [5.74, 6) is 0.837. The topological polar surface area (TPSA) is 37.9 Å². The standard InChI is InChI=1S/C59H68F12N6O2/c1-78-54-20-12-10-18-50(54)52(74-26-24-72(25-27-74)23-22-42-14-6-5-7-15-42)40-76(38-43-32-45(56(60,61)62)36-46(33-43)57(63,64)65)77(39-44-34-47(58(66,67)68)37-48(35-44)59(69,70)71)41-53(51-19-11-13-21-55(51)79-2)75-30-28-73(29-31-75)49-16-8-3-4-9-17-49/h5-7,10-15,18-21,32-37,49,52-53H,3-4,8-9,16-17,22-31,38-41H2,1-2H3. The van der Waals surface area contributed by atoms with Gasteiger partial charge in [0.25, 0.3) is 0 Å². The van der Waals surface area contributed by atoms with Gasteiger partial charge in [-0.15, -0.1) is 0 Å². The van der Waals surface area contributed by atoms with E-state index in [2.05, 4.69) is 19.6 Å². The van der Waals surface area contributed by atoms with E-state index in [1.165, 1.54) is 24.2 Å². The van der Waals surface area contributed by atoms with Crippen LogP contribution in [0.15, 0.2) is 115 Å². The summed E-state index contributed by atoms with van der Waals surface area (Å²) >= 11 is 0. The first-order chi connectivity index (χ1) is 37.6. The number of halogens is 12. The van der Waals surface area contributed by atoms with Gasteiger partial charge in [0.2, 0.25) is 0 Å². The summed E-state index contributed by atoms with van der Waals surface area (Å²) in [6.07, 6.45) is -13.6. The number of alkyl halides is 12. The number of hydrogen-bond donors (Lipinski definition) is 0. The lowest BCUT2D eigenvalue weighted by Gasteiger charge is -2.47. The summed E-state index contributed by atoms with van der Waals surface area (Å²) in [5.41, 5.74) is -4.84. The molecule has 8 rings (SSSR count). The normalized spacial score (nSPS) is 18.2. The molecule has 79 heavy (non-hydrogen) atoms. The van der Waals surface area contributed by atoms with Crippen molar-refractivity contribution in [3.63, 3.8) is 0 Å². The van der Waals surface area contributed by atoms with E-state index in [1.807, 2.05) is 36.4 Å². The lowest BCUT2D eigenvalue weighted by molar-refractivity contribution is -0.145. The van der Waals surface area contributed by atoms with Crippen LogP contribution in [0.4, 0.5) is 52.7 Å². The highest BCUT2D eigenvalue weighted by molar-refractivity contribution is 5.39. The van der Waals surface area contributed by atoms with Crippen molar-refractivity contribution in [3.05, 3.63) is 165 Å². The molecule has 2 aliphatic heterocycles. The minimum atomic E-state index is -5.24. The van der Waals surface area contributed by atoms with Gasteiger partial charge in [-0.3, -0.25) is 14.7 Å². The Kier molecular flexibility index (Phi) is 19.7. The maximum absolute atomic E-state index is 14.7. The summed E-state index contributed by atoms with van der Waals surface area (Å²) < 4.78 is 188. The number of ether oxygens (including phenoxy) is 2. The largest absolute Gasteiger partial charge is 0.496 e. The zero-order chi connectivity index (χ0) is 56.5. The van der Waals surface area contributed by atoms with E-state index in [9.17, 15) is 52.7 Å². The Morgan fingerprint density at radius 1 is 0.456 bits per heavy atom. The van der Waals surface area contributed by atoms with Gasteiger partial charge in [-0.2, -0.15) is 52.7 Å². The van der Waals surface area contributed by atoms with E-state index in [1.54, 1.807) is 42.5 Å². The third-order valence-electron chi connectivity index (χ3n) is 15.7. The van der Waals surface area contributed by atoms with Crippen molar-refractivity contribution in [1.29, 1.82) is 0 Å². The molecule has 430 valence electrons. The number of para-hydroxylation sites is 2. The minimum absolute atomic E-state index is 0.0221. The number of methoxy groups -OCH3 is 2. The first-order valence-electron chi connectivity index (χ1n) is 26.9. The summed E-state index contributed by atoms with van der Waals surface area (Å²) in [6.45, 7) is 3.17. The number of hydrazine groups is 1. The molecular formula is C59H68F12N6O2. The summed E-state index contributed by atoms with van der Waals surface area (Å²) in [6, 6.07) is 25.4. The van der Waals surface area contributed by atoms with Crippen molar-refractivity contribution in [1.82, 2.24) is 29.6 Å². The van der Waals surface area contributed by atoms with Crippen molar-refractivity contribution >= 4 is 0 Å². The molecule has 3 aliphatic rings. The van der Waals surface area contributed by atoms with Crippen LogP contribution in [0, 0.1) is 0 Å². The highest BCUT2D eigenvalue weighted by Crippen LogP contribution is 2.41. The molecule has 2 saturated heterocycles. The van der Waals surface area contributed by atoms with E-state index in [-0.39, 0.29) is 25.2 Å². The van der Waals surface area contributed by atoms with Crippen LogP contribution in [-0.2, 0) is 44.2 Å². The smallest absolute Gasteiger partial charge is 0.416 e. The quantitative estimate of drug-likeness (QED) is 0.0460. The second-order valence-corrected chi connectivity index (χ2v) is 20.9. The van der Waals surface area contributed by atoms with E-state index in [4.69, 9.17) is 9.47 Å². The van der Waals surface area contributed by atoms with Crippen molar-refractivity contribution < 1.29 is 62.2 Å². The van der Waals surface area contributed by atoms with Crippen molar-refractivity contribution in [2.75, 3.05) is 86.2 Å². The molecule has 20 heteroatoms. The number of piperazine rings is 2. The van der Waals surface area contributed by atoms with Gasteiger partial charge in [0, 0.05) is 102 Å². The molecule has 5 aromatic carbocycles. The van der Waals surface area contributed by atoms with Crippen molar-refractivity contribution in [2.24, 2.45) is 0 Å². The van der Waals surface area contributed by atoms with Gasteiger partial charge in [0.15, 0.2) is 0 Å². The first-order valence-corrected chi connectivity index (χ1v) is 26.9. The summed E-state index contributed by atoms with van der Waals surface area (Å²) in [7, 11) is 2.93. The van der Waals surface area contributed by atoms with Gasteiger partial charge in [0.05, 0.1) is 48.6 Å². The Labute approximate surface area is 454 Å². The number of benzene rings is 5. The zero-order valence-corrected chi connectivity index (χ0v) is 44.4. The van der Waals surface area contributed by atoms with Crippen molar-refractivity contribution in [3.8, 4) is 11.5 Å². The molecule has 0 radical (unpaired) electrons. The maximum Gasteiger partial charge on any atom is 0.416 e. The predicted octanol–water partition coefficient (Wildman–Crippen LogP) is 13.7. The van der Waals surface area contributed by atoms with Gasteiger partial charge >= 0.3 is 24.7 Å². The van der Waals surface area contributed by atoms with Gasteiger partial charge in [-0.1, -0.05) is 92.4 Å². The summed E-state index contributed by atoms with van der Waals surface area (Å²) in [5, 5.41) is 3.02. The number of rotatable bonds is 19. The first kappa shape index (κ1) is 59.7. The maximum atomic E-state index is 14.7. The Morgan fingerprint density at radius 2 is 0.835 bits per heavy atom. The minimum Gasteiger partial charge on any atom is -0.496 e. The second kappa shape index (κ2) is 26.0. The molecule has 3 fully saturated rings. The number of nitrogens with zero attached hydrogens (tertiary/aromatic N) is 6. The van der Waals surface area contributed by atoms with E-state index in [0.29, 0.717) is 105 Å². The van der Waals surface area contributed by atoms with Crippen LogP contribution in [0.1, 0.15) is 101 Å². The lowest BCUT2D eigenvalue weighted by Crippen LogP contribution is -2.55. The monoisotopic (exact) mass is 1120 g/mol. The van der Waals surface area contributed by atoms with Crippen LogP contribution >= 0.6 is 0 Å². The fourth-order valence-corrected chi connectivity index (χ4v) is 11.6. The van der Waals surface area contributed by atoms with Crippen LogP contribution in [0.3, 0.4) is 0 Å². The van der Waals surface area contributed by atoms with Gasteiger partial charge in [-0.25, -0.2) is 10.0 Å². The lowest BCUT2D eigenvalue weighted by atomic mass is 9.99. The molecule has 1 saturated carbocycles. The Bertz CT molecular complexity index is 2650. The van der Waals surface area contributed by atoms with Crippen LogP contribution in [0.5, 0.6) is 11.5 Å². The van der Waals surface area contributed by atoms with E-state index in [0.717, 1.165) is 57.1 Å². The number of hydrogen-bond acceptors (Lipinski definition) is 8. The molecule has 0 aromatic heterocycles. The third-order valence-corrected chi connectivity index (χ3v) is 15.7. The zero-order valence-electron chi connectivity index (χ0n) is 44.4. The van der Waals surface area contributed by atoms with Crippen molar-refractivity contribution in [2.45, 2.75) is 101 Å². The molecule has 0 amide bonds. The SMILES string of the molecule is COc1ccccc1C(CN(Cc1cc(C(F)(F)F)cc(C(F)(F)F)c1)N(Cc1cc(C(F)(F)F)cc(C(F)(F)F)c1)CC(c1ccccc1OC)N1CCN(C2CCCCCC2)CC1)N1CCN(CCc2ccccc2)CC1. The highest BCUT2D eigenvalue weighted by Gasteiger charge is 2.41. The molecule has 2 atom stereocenters. The third kappa shape index (κ3) is 16.0. The van der Waals surface area contributed by atoms with Gasteiger partial charge in [0.1, 0.15) is 11.5 Å². The molecule has 5 aromatic rings. The fourth-order valence-electron chi connectivity index (χ4n) is 11.6. The molecule has 8 nitrogen and oxygen atoms in total. The van der Waals surface area contributed by atoms with Gasteiger partial charge in [-0.05, 0) is 84.5 Å². The molecular weight excluding hydrogens is 1050 g/mol. The molecule has 2 heterocycles. The van der Waals surface area contributed by atoms with E-state index < -0.39 is 83.3 Å². The second-order valence-electron chi connectivity index (χ2n) is 20.9. The van der Waals surface area contributed by atoms with E-state index >= 15 is 0 Å². The molecule has 0 spiro atoms. The predicted molar refractivity (Wildman–Crippen MR) is 278 cm³/mol. The highest BCUT2D eigenvalue weighted by atomic mass is 19.4. The average Bonchev–Trinajstić information content (AvgIpc) is 3.77. The Balaban J connectivity index is 1.29. The molecule has 0 bridgehead atoms. The van der Waals surface area contributed by atoms with Crippen LogP contribution < -0.4 is 9.47 Å². The molecule has 2 unspecified atom stereocenters.